The number of amides is 1. The molecule has 30 heavy (non-hydrogen) atoms. The van der Waals surface area contributed by atoms with Gasteiger partial charge in [-0.2, -0.15) is 5.10 Å². The summed E-state index contributed by atoms with van der Waals surface area (Å²) in [7, 11) is 1.62. The van der Waals surface area contributed by atoms with Crippen molar-refractivity contribution in [1.29, 1.82) is 5.41 Å². The Balaban J connectivity index is 1.67. The quantitative estimate of drug-likeness (QED) is 0.483. The SMILES string of the molecule is COc1ccc(-n2c(SCC(=O)N3CCC(C)CC3)nc3n[nH]c(C)c3c2=N)cc1. The summed E-state index contributed by atoms with van der Waals surface area (Å²) in [6, 6.07) is 7.47. The largest absolute Gasteiger partial charge is 0.497 e. The molecule has 0 unspecified atom stereocenters. The Morgan fingerprint density at radius 1 is 1.30 bits per heavy atom. The molecule has 0 bridgehead atoms. The van der Waals surface area contributed by atoms with Crippen molar-refractivity contribution >= 4 is 28.7 Å². The Kier molecular flexibility index (Phi) is 5.80. The number of aryl methyl sites for hydroxylation is 1. The lowest BCUT2D eigenvalue weighted by Crippen LogP contribution is -2.39. The molecule has 0 aliphatic carbocycles. The second-order valence-electron chi connectivity index (χ2n) is 7.68. The normalized spacial score (nSPS) is 15.0. The van der Waals surface area contributed by atoms with Gasteiger partial charge < -0.3 is 9.64 Å². The van der Waals surface area contributed by atoms with E-state index in [1.54, 1.807) is 11.7 Å². The number of hydrogen-bond donors (Lipinski definition) is 2. The molecule has 8 nitrogen and oxygen atoms in total. The molecular formula is C21H26N6O2S. The number of thioether (sulfide) groups is 1. The molecule has 1 amide bonds. The van der Waals surface area contributed by atoms with Crippen LogP contribution in [-0.4, -0.2) is 56.5 Å². The maximum absolute atomic E-state index is 12.7. The number of fused-ring (bicyclic) bond motifs is 1. The first-order valence-electron chi connectivity index (χ1n) is 10.0. The number of piperidine rings is 1. The van der Waals surface area contributed by atoms with Crippen molar-refractivity contribution in [2.45, 2.75) is 31.8 Å². The van der Waals surface area contributed by atoms with E-state index in [-0.39, 0.29) is 17.1 Å². The lowest BCUT2D eigenvalue weighted by atomic mass is 9.99. The van der Waals surface area contributed by atoms with E-state index in [1.165, 1.54) is 11.8 Å². The second kappa shape index (κ2) is 8.51. The molecule has 9 heteroatoms. The van der Waals surface area contributed by atoms with Crippen molar-refractivity contribution in [3.05, 3.63) is 35.4 Å². The van der Waals surface area contributed by atoms with Gasteiger partial charge >= 0.3 is 0 Å². The van der Waals surface area contributed by atoms with Crippen molar-refractivity contribution < 1.29 is 9.53 Å². The van der Waals surface area contributed by atoms with Crippen LogP contribution in [0.1, 0.15) is 25.5 Å². The predicted octanol–water partition coefficient (Wildman–Crippen LogP) is 2.90. The van der Waals surface area contributed by atoms with Gasteiger partial charge in [0.15, 0.2) is 10.8 Å². The summed E-state index contributed by atoms with van der Waals surface area (Å²) in [5.74, 6) is 1.81. The minimum Gasteiger partial charge on any atom is -0.497 e. The lowest BCUT2D eigenvalue weighted by Gasteiger charge is -2.30. The summed E-state index contributed by atoms with van der Waals surface area (Å²) in [5, 5.41) is 17.2. The van der Waals surface area contributed by atoms with Crippen molar-refractivity contribution in [3.63, 3.8) is 0 Å². The number of carbonyl (C=O) groups is 1. The Bertz CT molecular complexity index is 1110. The van der Waals surface area contributed by atoms with Gasteiger partial charge in [-0.15, -0.1) is 0 Å². The second-order valence-corrected chi connectivity index (χ2v) is 8.62. The van der Waals surface area contributed by atoms with Gasteiger partial charge in [-0.25, -0.2) is 4.98 Å². The summed E-state index contributed by atoms with van der Waals surface area (Å²) in [6.07, 6.45) is 2.10. The van der Waals surface area contributed by atoms with E-state index in [9.17, 15) is 4.79 Å². The van der Waals surface area contributed by atoms with Crippen molar-refractivity contribution in [1.82, 2.24) is 24.6 Å². The van der Waals surface area contributed by atoms with Crippen LogP contribution in [0.5, 0.6) is 5.75 Å². The van der Waals surface area contributed by atoms with Crippen LogP contribution in [0.15, 0.2) is 29.4 Å². The van der Waals surface area contributed by atoms with E-state index in [0.29, 0.717) is 22.1 Å². The van der Waals surface area contributed by atoms with Gasteiger partial charge in [-0.1, -0.05) is 18.7 Å². The van der Waals surface area contributed by atoms with Crippen molar-refractivity contribution in [3.8, 4) is 11.4 Å². The van der Waals surface area contributed by atoms with Gasteiger partial charge in [0.2, 0.25) is 5.91 Å². The van der Waals surface area contributed by atoms with Gasteiger partial charge in [0.25, 0.3) is 0 Å². The molecule has 3 heterocycles. The van der Waals surface area contributed by atoms with Crippen LogP contribution in [0, 0.1) is 18.3 Å². The summed E-state index contributed by atoms with van der Waals surface area (Å²) in [5.41, 5.74) is 2.36. The van der Waals surface area contributed by atoms with Crippen LogP contribution in [0.2, 0.25) is 0 Å². The standard InChI is InChI=1S/C21H26N6O2S/c1-13-8-10-26(11-9-13)17(28)12-30-21-23-20-18(14(2)24-25-20)19(22)27(21)15-4-6-16(29-3)7-5-15/h4-7,13,22H,8-12H2,1-3H3,(H,24,25). The molecule has 1 fully saturated rings. The number of H-pyrrole nitrogens is 1. The first-order valence-corrected chi connectivity index (χ1v) is 11.0. The molecule has 1 aromatic carbocycles. The van der Waals surface area contributed by atoms with Gasteiger partial charge in [0.1, 0.15) is 11.2 Å². The van der Waals surface area contributed by atoms with Crippen LogP contribution in [-0.2, 0) is 4.79 Å². The molecule has 2 N–H and O–H groups in total. The van der Waals surface area contributed by atoms with Crippen molar-refractivity contribution in [2.75, 3.05) is 26.0 Å². The molecule has 158 valence electrons. The summed E-state index contributed by atoms with van der Waals surface area (Å²) >= 11 is 1.35. The molecule has 1 aliphatic heterocycles. The molecule has 4 rings (SSSR count). The lowest BCUT2D eigenvalue weighted by molar-refractivity contribution is -0.129. The fourth-order valence-electron chi connectivity index (χ4n) is 3.67. The minimum absolute atomic E-state index is 0.111. The zero-order valence-corrected chi connectivity index (χ0v) is 18.3. The highest BCUT2D eigenvalue weighted by Gasteiger charge is 2.22. The number of methoxy groups -OCH3 is 1. The first-order chi connectivity index (χ1) is 14.5. The highest BCUT2D eigenvalue weighted by atomic mass is 32.2. The molecule has 0 radical (unpaired) electrons. The highest BCUT2D eigenvalue weighted by molar-refractivity contribution is 7.99. The van der Waals surface area contributed by atoms with E-state index in [0.717, 1.165) is 43.1 Å². The average molecular weight is 427 g/mol. The number of nitrogens with one attached hydrogen (secondary N) is 2. The van der Waals surface area contributed by atoms with E-state index in [2.05, 4.69) is 22.1 Å². The third-order valence-corrected chi connectivity index (χ3v) is 6.50. The average Bonchev–Trinajstić information content (AvgIpc) is 3.13. The molecule has 3 aromatic rings. The topological polar surface area (TPSA) is 99.9 Å². The van der Waals surface area contributed by atoms with Crippen LogP contribution < -0.4 is 10.2 Å². The molecule has 0 saturated carbocycles. The highest BCUT2D eigenvalue weighted by Crippen LogP contribution is 2.24. The number of aromatic amines is 1. The summed E-state index contributed by atoms with van der Waals surface area (Å²) in [6.45, 7) is 5.73. The van der Waals surface area contributed by atoms with E-state index >= 15 is 0 Å². The number of ether oxygens (including phenoxy) is 1. The Hall–Kier alpha value is -2.81. The van der Waals surface area contributed by atoms with Gasteiger partial charge in [0, 0.05) is 24.5 Å². The molecule has 2 aromatic heterocycles. The van der Waals surface area contributed by atoms with Crippen molar-refractivity contribution in [2.24, 2.45) is 5.92 Å². The Labute approximate surface area is 179 Å². The first kappa shape index (κ1) is 20.5. The molecular weight excluding hydrogens is 400 g/mol. The van der Waals surface area contributed by atoms with E-state index < -0.39 is 0 Å². The fourth-order valence-corrected chi connectivity index (χ4v) is 4.58. The molecule has 1 aliphatic rings. The maximum Gasteiger partial charge on any atom is 0.233 e. The van der Waals surface area contributed by atoms with E-state index in [4.69, 9.17) is 10.1 Å². The van der Waals surface area contributed by atoms with Crippen LogP contribution in [0.25, 0.3) is 16.7 Å². The van der Waals surface area contributed by atoms with Crippen LogP contribution >= 0.6 is 11.8 Å². The number of likely N-dealkylation sites (tertiary alicyclic amines) is 1. The number of aromatic nitrogens is 4. The number of nitrogens with zero attached hydrogens (tertiary/aromatic N) is 4. The Morgan fingerprint density at radius 2 is 2.00 bits per heavy atom. The van der Waals surface area contributed by atoms with Crippen LogP contribution in [0.4, 0.5) is 0 Å². The zero-order chi connectivity index (χ0) is 21.3. The monoisotopic (exact) mass is 426 g/mol. The third-order valence-electron chi connectivity index (χ3n) is 5.57. The molecule has 0 spiro atoms. The van der Waals surface area contributed by atoms with Crippen LogP contribution in [0.3, 0.4) is 0 Å². The zero-order valence-electron chi connectivity index (χ0n) is 17.4. The predicted molar refractivity (Wildman–Crippen MR) is 116 cm³/mol. The minimum atomic E-state index is 0.111. The number of carbonyl (C=O) groups excluding carboxylic acids is 1. The Morgan fingerprint density at radius 3 is 2.67 bits per heavy atom. The third kappa shape index (κ3) is 3.94. The smallest absolute Gasteiger partial charge is 0.233 e. The summed E-state index contributed by atoms with van der Waals surface area (Å²) < 4.78 is 7.02. The van der Waals surface area contributed by atoms with Gasteiger partial charge in [-0.05, 0) is 49.9 Å². The number of rotatable bonds is 5. The maximum atomic E-state index is 12.7. The molecule has 0 atom stereocenters. The molecule has 1 saturated heterocycles. The van der Waals surface area contributed by atoms with Gasteiger partial charge in [0.05, 0.1) is 18.2 Å². The fraction of sp³-hybridized carbons (Fsp3) is 0.429. The number of benzene rings is 1. The number of hydrogen-bond acceptors (Lipinski definition) is 6. The van der Waals surface area contributed by atoms with E-state index in [1.807, 2.05) is 36.1 Å². The summed E-state index contributed by atoms with van der Waals surface area (Å²) in [4.78, 5) is 19.3. The van der Waals surface area contributed by atoms with Gasteiger partial charge in [-0.3, -0.25) is 19.9 Å².